The molecule has 4 aromatic rings. The second-order valence-electron chi connectivity index (χ2n) is 10.1. The van der Waals surface area contributed by atoms with Crippen molar-refractivity contribution >= 4 is 50.6 Å². The van der Waals surface area contributed by atoms with Crippen LogP contribution < -0.4 is 5.32 Å². The summed E-state index contributed by atoms with van der Waals surface area (Å²) >= 11 is 2.86. The highest BCUT2D eigenvalue weighted by molar-refractivity contribution is 7.99. The first-order chi connectivity index (χ1) is 20.5. The molecule has 0 saturated carbocycles. The van der Waals surface area contributed by atoms with E-state index in [1.807, 2.05) is 48.7 Å². The van der Waals surface area contributed by atoms with E-state index < -0.39 is 10.0 Å². The van der Waals surface area contributed by atoms with Gasteiger partial charge in [-0.2, -0.15) is 5.10 Å². The van der Waals surface area contributed by atoms with Gasteiger partial charge in [-0.1, -0.05) is 47.7 Å². The molecule has 0 unspecified atom stereocenters. The fraction of sp³-hybridized carbons (Fsp3) is 0.276. The van der Waals surface area contributed by atoms with E-state index in [4.69, 9.17) is 5.10 Å². The summed E-state index contributed by atoms with van der Waals surface area (Å²) < 4.78 is 27.4. The number of amides is 2. The van der Waals surface area contributed by atoms with Gasteiger partial charge in [0, 0.05) is 33.1 Å². The Morgan fingerprint density at radius 1 is 1.07 bits per heavy atom. The van der Waals surface area contributed by atoms with Crippen molar-refractivity contribution in [1.82, 2.24) is 29.4 Å². The van der Waals surface area contributed by atoms with E-state index in [2.05, 4.69) is 15.5 Å². The predicted octanol–water partition coefficient (Wildman–Crippen LogP) is 3.84. The molecule has 5 rings (SSSR count). The van der Waals surface area contributed by atoms with Crippen molar-refractivity contribution < 1.29 is 18.0 Å². The number of aromatic nitrogens is 3. The zero-order valence-corrected chi connectivity index (χ0v) is 26.5. The van der Waals surface area contributed by atoms with Gasteiger partial charge >= 0.3 is 0 Å². The van der Waals surface area contributed by atoms with Crippen LogP contribution in [0.25, 0.3) is 0 Å². The molecular formula is C29H31N7O4S3. The zero-order valence-electron chi connectivity index (χ0n) is 24.1. The summed E-state index contributed by atoms with van der Waals surface area (Å²) in [7, 11) is 1.09. The number of nitrogens with zero attached hydrogens (tertiary/aromatic N) is 6. The third kappa shape index (κ3) is 6.72. The fourth-order valence-corrected chi connectivity index (χ4v) is 6.85. The van der Waals surface area contributed by atoms with Gasteiger partial charge in [-0.25, -0.2) is 17.7 Å². The molecule has 1 atom stereocenters. The highest BCUT2D eigenvalue weighted by Crippen LogP contribution is 2.34. The van der Waals surface area contributed by atoms with Crippen molar-refractivity contribution in [2.24, 2.45) is 12.1 Å². The van der Waals surface area contributed by atoms with E-state index in [-0.39, 0.29) is 35.0 Å². The largest absolute Gasteiger partial charge is 0.345 e. The minimum absolute atomic E-state index is 0.102. The number of benzene rings is 2. The Labute approximate surface area is 258 Å². The van der Waals surface area contributed by atoms with Crippen molar-refractivity contribution in [2.75, 3.05) is 19.8 Å². The van der Waals surface area contributed by atoms with Gasteiger partial charge in [0.25, 0.3) is 11.8 Å². The maximum atomic E-state index is 13.4. The highest BCUT2D eigenvalue weighted by Gasteiger charge is 2.33. The minimum atomic E-state index is -3.58. The molecule has 2 amide bonds. The number of thiophene rings is 1. The van der Waals surface area contributed by atoms with E-state index >= 15 is 0 Å². The molecule has 0 fully saturated rings. The van der Waals surface area contributed by atoms with E-state index in [0.29, 0.717) is 23.0 Å². The molecule has 224 valence electrons. The molecule has 2 aromatic carbocycles. The summed E-state index contributed by atoms with van der Waals surface area (Å²) in [4.78, 5) is 27.3. The van der Waals surface area contributed by atoms with Crippen LogP contribution in [0.3, 0.4) is 0 Å². The molecule has 1 aliphatic rings. The Balaban J connectivity index is 1.21. The number of rotatable bonds is 10. The average molecular weight is 638 g/mol. The molecule has 0 radical (unpaired) electrons. The standard InChI is InChI=1S/C29H31N7O4S3/c1-19-7-9-20(10-8-19)24-16-23(25-6-5-15-41-25)33-36(24)27(37)18-42-29-32-31-26(35(29)4)17-30-28(38)21-11-13-22(14-12-21)43(39,40)34(2)3/h5-15,24H,16-18H2,1-4H3,(H,30,38)/t24-/m0/s1. The topological polar surface area (TPSA) is 130 Å². The van der Waals surface area contributed by atoms with Crippen molar-refractivity contribution in [3.8, 4) is 0 Å². The molecule has 1 aliphatic heterocycles. The Kier molecular flexibility index (Phi) is 9.11. The lowest BCUT2D eigenvalue weighted by atomic mass is 10.00. The summed E-state index contributed by atoms with van der Waals surface area (Å²) in [5.41, 5.74) is 3.39. The fourth-order valence-electron chi connectivity index (χ4n) is 4.45. The smallest absolute Gasteiger partial charge is 0.253 e. The normalized spacial score (nSPS) is 15.1. The van der Waals surface area contributed by atoms with Crippen molar-refractivity contribution in [3.05, 3.63) is 93.4 Å². The first-order valence-corrected chi connectivity index (χ1v) is 16.7. The Morgan fingerprint density at radius 3 is 2.44 bits per heavy atom. The predicted molar refractivity (Wildman–Crippen MR) is 166 cm³/mol. The number of hydrazone groups is 1. The maximum absolute atomic E-state index is 13.4. The lowest BCUT2D eigenvalue weighted by molar-refractivity contribution is -0.130. The van der Waals surface area contributed by atoms with Gasteiger partial charge in [0.1, 0.15) is 0 Å². The Bertz CT molecular complexity index is 1750. The Morgan fingerprint density at radius 2 is 1.79 bits per heavy atom. The van der Waals surface area contributed by atoms with Crippen LogP contribution in [0, 0.1) is 6.92 Å². The summed E-state index contributed by atoms with van der Waals surface area (Å²) in [5, 5.41) is 20.0. The number of aryl methyl sites for hydroxylation is 1. The lowest BCUT2D eigenvalue weighted by Crippen LogP contribution is -2.28. The molecule has 11 nitrogen and oxygen atoms in total. The van der Waals surface area contributed by atoms with E-state index in [1.54, 1.807) is 28.0 Å². The summed E-state index contributed by atoms with van der Waals surface area (Å²) in [6.07, 6.45) is 0.641. The molecule has 1 N–H and O–H groups in total. The number of carbonyl (C=O) groups excluding carboxylic acids is 2. The molecular weight excluding hydrogens is 607 g/mol. The van der Waals surface area contributed by atoms with Crippen LogP contribution in [0.5, 0.6) is 0 Å². The monoisotopic (exact) mass is 637 g/mol. The van der Waals surface area contributed by atoms with Gasteiger partial charge in [-0.15, -0.1) is 21.5 Å². The molecule has 0 spiro atoms. The van der Waals surface area contributed by atoms with Crippen LogP contribution in [0.4, 0.5) is 0 Å². The van der Waals surface area contributed by atoms with Crippen molar-refractivity contribution in [1.29, 1.82) is 0 Å². The maximum Gasteiger partial charge on any atom is 0.253 e. The molecule has 14 heteroatoms. The second-order valence-corrected chi connectivity index (χ2v) is 14.2. The van der Waals surface area contributed by atoms with E-state index in [0.717, 1.165) is 26.0 Å². The third-order valence-corrected chi connectivity index (χ3v) is 10.7. The first kappa shape index (κ1) is 30.6. The van der Waals surface area contributed by atoms with Crippen LogP contribution in [-0.2, 0) is 28.4 Å². The van der Waals surface area contributed by atoms with Gasteiger partial charge < -0.3 is 9.88 Å². The number of nitrogens with one attached hydrogen (secondary N) is 1. The molecule has 0 saturated heterocycles. The van der Waals surface area contributed by atoms with Crippen LogP contribution in [-0.4, -0.2) is 69.9 Å². The molecule has 3 heterocycles. The van der Waals surface area contributed by atoms with E-state index in [1.165, 1.54) is 50.1 Å². The van der Waals surface area contributed by atoms with Crippen LogP contribution in [0.1, 0.15) is 44.6 Å². The molecule has 43 heavy (non-hydrogen) atoms. The van der Waals surface area contributed by atoms with Crippen LogP contribution >= 0.6 is 23.1 Å². The zero-order chi connectivity index (χ0) is 30.7. The van der Waals surface area contributed by atoms with Gasteiger partial charge in [0.05, 0.1) is 33.8 Å². The summed E-state index contributed by atoms with van der Waals surface area (Å²) in [6, 6.07) is 17.7. The number of hydrogen-bond acceptors (Lipinski definition) is 9. The average Bonchev–Trinajstić information content (AvgIpc) is 3.76. The van der Waals surface area contributed by atoms with Gasteiger partial charge in [0.2, 0.25) is 10.0 Å². The third-order valence-electron chi connectivity index (χ3n) is 6.99. The number of carbonyl (C=O) groups is 2. The molecule has 0 aliphatic carbocycles. The second kappa shape index (κ2) is 12.8. The van der Waals surface area contributed by atoms with Crippen LogP contribution in [0.15, 0.2) is 81.2 Å². The first-order valence-electron chi connectivity index (χ1n) is 13.4. The lowest BCUT2D eigenvalue weighted by Gasteiger charge is -2.22. The minimum Gasteiger partial charge on any atom is -0.345 e. The number of thioether (sulfide) groups is 1. The van der Waals surface area contributed by atoms with Crippen molar-refractivity contribution in [2.45, 2.75) is 36.0 Å². The van der Waals surface area contributed by atoms with Gasteiger partial charge in [0.15, 0.2) is 11.0 Å². The summed E-state index contributed by atoms with van der Waals surface area (Å²) in [6.45, 7) is 2.13. The molecule has 2 aromatic heterocycles. The van der Waals surface area contributed by atoms with Gasteiger partial charge in [-0.05, 0) is 48.2 Å². The van der Waals surface area contributed by atoms with Crippen LogP contribution in [0.2, 0.25) is 0 Å². The Hall–Kier alpha value is -3.85. The number of hydrogen-bond donors (Lipinski definition) is 1. The van der Waals surface area contributed by atoms with Gasteiger partial charge in [-0.3, -0.25) is 9.59 Å². The van der Waals surface area contributed by atoms with Crippen molar-refractivity contribution in [3.63, 3.8) is 0 Å². The highest BCUT2D eigenvalue weighted by atomic mass is 32.2. The SMILES string of the molecule is Cc1ccc([C@@H]2CC(c3cccs3)=NN2C(=O)CSc2nnc(CNC(=O)c3ccc(S(=O)(=O)N(C)C)cc3)n2C)cc1. The quantitative estimate of drug-likeness (QED) is 0.262. The summed E-state index contributed by atoms with van der Waals surface area (Å²) in [5.74, 6) is 0.104. The number of sulfonamides is 1. The molecule has 0 bridgehead atoms. The van der Waals surface area contributed by atoms with E-state index in [9.17, 15) is 18.0 Å².